The highest BCUT2D eigenvalue weighted by Crippen LogP contribution is 2.35. The molecule has 0 saturated heterocycles. The van der Waals surface area contributed by atoms with Crippen LogP contribution in [0.25, 0.3) is 0 Å². The van der Waals surface area contributed by atoms with Gasteiger partial charge in [-0.15, -0.1) is 11.8 Å². The lowest BCUT2D eigenvalue weighted by molar-refractivity contribution is -0.0510. The molecule has 9 heteroatoms. The van der Waals surface area contributed by atoms with Gasteiger partial charge >= 0.3 is 15.6 Å². The van der Waals surface area contributed by atoms with E-state index in [0.717, 1.165) is 11.1 Å². The van der Waals surface area contributed by atoms with Crippen LogP contribution in [0.4, 0.5) is 13.2 Å². The Labute approximate surface area is 148 Å². The van der Waals surface area contributed by atoms with E-state index in [1.54, 1.807) is 11.8 Å². The van der Waals surface area contributed by atoms with Crippen LogP contribution in [-0.4, -0.2) is 18.5 Å². The van der Waals surface area contributed by atoms with Crippen LogP contribution in [0.5, 0.6) is 0 Å². The zero-order valence-corrected chi connectivity index (χ0v) is 14.6. The highest BCUT2D eigenvalue weighted by Gasteiger charge is 2.44. The Morgan fingerprint density at radius 1 is 1.08 bits per heavy atom. The Balaban J connectivity index is 0.000000333. The Bertz CT molecular complexity index is 832. The van der Waals surface area contributed by atoms with E-state index in [1.807, 2.05) is 42.5 Å². The number of nitrogens with zero attached hydrogens (tertiary/aromatic N) is 1. The first kappa shape index (κ1) is 21.0. The van der Waals surface area contributed by atoms with Crippen molar-refractivity contribution in [2.45, 2.75) is 22.6 Å². The SMILES string of the molecule is CC(Sc1ccccc1)c1ccccc1C#N.O=S(=O)(O)C(F)(F)F. The number of hydrogen-bond acceptors (Lipinski definition) is 4. The molecule has 4 nitrogen and oxygen atoms in total. The lowest BCUT2D eigenvalue weighted by Gasteiger charge is -2.12. The highest BCUT2D eigenvalue weighted by molar-refractivity contribution is 7.99. The van der Waals surface area contributed by atoms with Crippen LogP contribution in [0.15, 0.2) is 59.5 Å². The summed E-state index contributed by atoms with van der Waals surface area (Å²) in [7, 11) is -5.84. The predicted octanol–water partition coefficient (Wildman–Crippen LogP) is 4.81. The molecule has 0 fully saturated rings. The molecule has 0 saturated carbocycles. The number of benzene rings is 2. The highest BCUT2D eigenvalue weighted by atomic mass is 32.2. The number of halogens is 3. The molecule has 0 radical (unpaired) electrons. The smallest absolute Gasteiger partial charge is 0.279 e. The summed E-state index contributed by atoms with van der Waals surface area (Å²) in [6.07, 6.45) is 0. The maximum atomic E-state index is 10.7. The first-order chi connectivity index (χ1) is 11.6. The number of alkyl halides is 3. The van der Waals surface area contributed by atoms with Gasteiger partial charge in [0.2, 0.25) is 0 Å². The van der Waals surface area contributed by atoms with E-state index >= 15 is 0 Å². The molecule has 2 aromatic rings. The Kier molecular flexibility index (Phi) is 7.48. The Morgan fingerprint density at radius 2 is 1.56 bits per heavy atom. The lowest BCUT2D eigenvalue weighted by atomic mass is 10.1. The molecule has 1 unspecified atom stereocenters. The fourth-order valence-electron chi connectivity index (χ4n) is 1.72. The van der Waals surface area contributed by atoms with Crippen LogP contribution >= 0.6 is 11.8 Å². The fourth-order valence-corrected chi connectivity index (χ4v) is 2.78. The summed E-state index contributed by atoms with van der Waals surface area (Å²) in [5.41, 5.74) is -3.67. The summed E-state index contributed by atoms with van der Waals surface area (Å²) in [6, 6.07) is 20.3. The molecule has 2 rings (SSSR count). The topological polar surface area (TPSA) is 78.2 Å². The van der Waals surface area contributed by atoms with Crippen LogP contribution in [0.2, 0.25) is 0 Å². The standard InChI is InChI=1S/C15H13NS.CHF3O3S/c1-12(17-14-8-3-2-4-9-14)15-10-6-5-7-13(15)11-16;2-1(3,4)8(5,6)7/h2-10,12H,1H3;(H,5,6,7). The van der Waals surface area contributed by atoms with E-state index in [1.165, 1.54) is 4.90 Å². The van der Waals surface area contributed by atoms with Crippen LogP contribution in [0, 0.1) is 11.3 Å². The van der Waals surface area contributed by atoms with Gasteiger partial charge in [-0.05, 0) is 30.7 Å². The van der Waals surface area contributed by atoms with E-state index in [4.69, 9.17) is 18.2 Å². The average Bonchev–Trinajstić information content (AvgIpc) is 2.54. The Morgan fingerprint density at radius 3 is 2.04 bits per heavy atom. The molecule has 0 aliphatic rings. The van der Waals surface area contributed by atoms with Crippen molar-refractivity contribution in [1.29, 1.82) is 5.26 Å². The molecule has 0 aliphatic carbocycles. The zero-order valence-electron chi connectivity index (χ0n) is 12.9. The van der Waals surface area contributed by atoms with Gasteiger partial charge in [0.05, 0.1) is 11.6 Å². The molecule has 0 amide bonds. The van der Waals surface area contributed by atoms with Gasteiger partial charge in [-0.2, -0.15) is 26.9 Å². The molecule has 0 bridgehead atoms. The summed E-state index contributed by atoms with van der Waals surface area (Å²) in [6.45, 7) is 2.13. The average molecular weight is 389 g/mol. The van der Waals surface area contributed by atoms with Crippen molar-refractivity contribution in [1.82, 2.24) is 0 Å². The number of rotatable bonds is 3. The van der Waals surface area contributed by atoms with Gasteiger partial charge in [0.25, 0.3) is 0 Å². The summed E-state index contributed by atoms with van der Waals surface area (Å²) in [5.74, 6) is 0. The van der Waals surface area contributed by atoms with Gasteiger partial charge in [-0.3, -0.25) is 4.55 Å². The number of nitriles is 1. The van der Waals surface area contributed by atoms with Gasteiger partial charge < -0.3 is 0 Å². The minimum Gasteiger partial charge on any atom is -0.279 e. The molecule has 1 N–H and O–H groups in total. The van der Waals surface area contributed by atoms with Crippen LogP contribution in [0.3, 0.4) is 0 Å². The largest absolute Gasteiger partial charge is 0.522 e. The molecular formula is C16H14F3NO3S2. The summed E-state index contributed by atoms with van der Waals surface area (Å²) >= 11 is 1.78. The third-order valence-corrected chi connectivity index (χ3v) is 4.60. The van der Waals surface area contributed by atoms with E-state index < -0.39 is 15.6 Å². The minimum absolute atomic E-state index is 0.285. The first-order valence-electron chi connectivity index (χ1n) is 6.80. The van der Waals surface area contributed by atoms with Crippen molar-refractivity contribution >= 4 is 21.9 Å². The normalized spacial score (nSPS) is 12.5. The third kappa shape index (κ3) is 6.78. The van der Waals surface area contributed by atoms with E-state index in [9.17, 15) is 13.2 Å². The third-order valence-electron chi connectivity index (χ3n) is 2.87. The minimum atomic E-state index is -5.84. The predicted molar refractivity (Wildman–Crippen MR) is 89.5 cm³/mol. The van der Waals surface area contributed by atoms with E-state index in [0.29, 0.717) is 0 Å². The molecule has 0 spiro atoms. The van der Waals surface area contributed by atoms with Crippen molar-refractivity contribution in [3.63, 3.8) is 0 Å². The second-order valence-corrected chi connectivity index (χ2v) is 7.52. The first-order valence-corrected chi connectivity index (χ1v) is 9.12. The van der Waals surface area contributed by atoms with Crippen molar-refractivity contribution in [2.24, 2.45) is 0 Å². The maximum Gasteiger partial charge on any atom is 0.522 e. The molecule has 25 heavy (non-hydrogen) atoms. The van der Waals surface area contributed by atoms with Crippen molar-refractivity contribution in [2.75, 3.05) is 0 Å². The summed E-state index contributed by atoms with van der Waals surface area (Å²) in [4.78, 5) is 1.23. The molecule has 0 heterocycles. The lowest BCUT2D eigenvalue weighted by Crippen LogP contribution is -2.21. The number of hydrogen-bond donors (Lipinski definition) is 1. The summed E-state index contributed by atoms with van der Waals surface area (Å²) < 4.78 is 57.5. The summed E-state index contributed by atoms with van der Waals surface area (Å²) in [5, 5.41) is 9.36. The second kappa shape index (κ2) is 8.89. The van der Waals surface area contributed by atoms with Crippen LogP contribution < -0.4 is 0 Å². The van der Waals surface area contributed by atoms with Crippen LogP contribution in [-0.2, 0) is 10.1 Å². The van der Waals surface area contributed by atoms with Gasteiger partial charge in [0.1, 0.15) is 0 Å². The van der Waals surface area contributed by atoms with Crippen molar-refractivity contribution < 1.29 is 26.1 Å². The van der Waals surface area contributed by atoms with Gasteiger partial charge in [0, 0.05) is 10.1 Å². The van der Waals surface area contributed by atoms with Crippen LogP contribution in [0.1, 0.15) is 23.3 Å². The molecule has 1 atom stereocenters. The molecule has 2 aromatic carbocycles. The number of thioether (sulfide) groups is 1. The maximum absolute atomic E-state index is 10.7. The monoisotopic (exact) mass is 389 g/mol. The Hall–Kier alpha value is -2.02. The van der Waals surface area contributed by atoms with Crippen molar-refractivity contribution in [3.05, 3.63) is 65.7 Å². The van der Waals surface area contributed by atoms with Gasteiger partial charge in [-0.25, -0.2) is 0 Å². The van der Waals surface area contributed by atoms with Gasteiger partial charge in [0.15, 0.2) is 0 Å². The molecule has 0 aromatic heterocycles. The second-order valence-electron chi connectivity index (χ2n) is 4.69. The van der Waals surface area contributed by atoms with E-state index in [-0.39, 0.29) is 5.25 Å². The molecule has 134 valence electrons. The molecule has 0 aliphatic heterocycles. The zero-order chi connectivity index (χ0) is 19.1. The van der Waals surface area contributed by atoms with Crippen molar-refractivity contribution in [3.8, 4) is 6.07 Å². The van der Waals surface area contributed by atoms with E-state index in [2.05, 4.69) is 25.1 Å². The quantitative estimate of drug-likeness (QED) is 0.463. The van der Waals surface area contributed by atoms with Gasteiger partial charge in [-0.1, -0.05) is 36.4 Å². The molecular weight excluding hydrogens is 375 g/mol. The fraction of sp³-hybridized carbons (Fsp3) is 0.188.